The molecule has 2 aliphatic heterocycles. The highest BCUT2D eigenvalue weighted by Gasteiger charge is 2.60. The lowest BCUT2D eigenvalue weighted by atomic mass is 9.51. The number of fused-ring (bicyclic) bond motifs is 4. The molecule has 2 aromatic carbocycles. The lowest BCUT2D eigenvalue weighted by Crippen LogP contribution is -2.57. The maximum absolute atomic E-state index is 14.7. The van der Waals surface area contributed by atoms with Gasteiger partial charge in [-0.1, -0.05) is 32.3 Å². The molecule has 4 bridgehead atoms. The topological polar surface area (TPSA) is 110 Å². The number of carbonyl (C=O) groups is 2. The summed E-state index contributed by atoms with van der Waals surface area (Å²) < 4.78 is 43.3. The summed E-state index contributed by atoms with van der Waals surface area (Å²) in [6, 6.07) is 11.8. The zero-order chi connectivity index (χ0) is 32.4. The van der Waals surface area contributed by atoms with Crippen molar-refractivity contribution in [2.75, 3.05) is 47.5 Å². The predicted octanol–water partition coefficient (Wildman–Crippen LogP) is 4.88. The number of hydrogen-bond donors (Lipinski definition) is 1. The van der Waals surface area contributed by atoms with Crippen LogP contribution in [0.25, 0.3) is 22.2 Å². The SMILES string of the molecule is COc1ccc2c(c1)C1C(C)CC13Cn1c-2c(C2CCCCC2)c2ccc(cc21)C(=O)NS(=O)(=O)N(C)CCOCCN(C)C3=O. The fraction of sp³-hybridized carbons (Fsp3) is 0.543. The van der Waals surface area contributed by atoms with Crippen LogP contribution in [0.3, 0.4) is 0 Å². The highest BCUT2D eigenvalue weighted by Crippen LogP contribution is 2.63. The molecule has 2 aliphatic carbocycles. The minimum Gasteiger partial charge on any atom is -0.497 e. The molecule has 2 fully saturated rings. The van der Waals surface area contributed by atoms with Gasteiger partial charge >= 0.3 is 10.2 Å². The van der Waals surface area contributed by atoms with Gasteiger partial charge in [0, 0.05) is 61.7 Å². The van der Waals surface area contributed by atoms with Crippen LogP contribution in [0.2, 0.25) is 0 Å². The number of nitrogens with zero attached hydrogens (tertiary/aromatic N) is 3. The second-order valence-electron chi connectivity index (χ2n) is 13.8. The van der Waals surface area contributed by atoms with Crippen LogP contribution in [0, 0.1) is 11.3 Å². The molecular formula is C35H44N4O6S. The summed E-state index contributed by atoms with van der Waals surface area (Å²) in [6.45, 7) is 3.56. The molecule has 3 atom stereocenters. The van der Waals surface area contributed by atoms with E-state index in [0.29, 0.717) is 19.0 Å². The molecule has 1 aromatic heterocycles. The van der Waals surface area contributed by atoms with Crippen LogP contribution in [0.15, 0.2) is 36.4 Å². The van der Waals surface area contributed by atoms with Crippen LogP contribution in [-0.4, -0.2) is 81.5 Å². The van der Waals surface area contributed by atoms with Gasteiger partial charge in [-0.2, -0.15) is 12.7 Å². The van der Waals surface area contributed by atoms with E-state index in [1.165, 1.54) is 19.0 Å². The Labute approximate surface area is 271 Å². The van der Waals surface area contributed by atoms with Crippen molar-refractivity contribution in [2.45, 2.75) is 63.8 Å². The summed E-state index contributed by atoms with van der Waals surface area (Å²) in [6.07, 6.45) is 6.44. The van der Waals surface area contributed by atoms with Crippen molar-refractivity contribution < 1.29 is 27.5 Å². The second-order valence-corrected chi connectivity index (χ2v) is 15.6. The first kappa shape index (κ1) is 31.2. The first-order chi connectivity index (χ1) is 22.1. The molecule has 2 saturated carbocycles. The minimum absolute atomic E-state index is 0.0185. The van der Waals surface area contributed by atoms with Crippen LogP contribution >= 0.6 is 0 Å². The van der Waals surface area contributed by atoms with Crippen LogP contribution in [0.1, 0.15) is 78.8 Å². The van der Waals surface area contributed by atoms with Crippen LogP contribution in [0.4, 0.5) is 0 Å². The Morgan fingerprint density at radius 3 is 2.50 bits per heavy atom. The molecule has 246 valence electrons. The lowest BCUT2D eigenvalue weighted by molar-refractivity contribution is -0.154. The Morgan fingerprint density at radius 2 is 1.76 bits per heavy atom. The molecule has 46 heavy (non-hydrogen) atoms. The molecule has 0 saturated heterocycles. The van der Waals surface area contributed by atoms with Gasteiger partial charge in [0.05, 0.1) is 31.4 Å². The van der Waals surface area contributed by atoms with Crippen molar-refractivity contribution in [2.24, 2.45) is 11.3 Å². The summed E-state index contributed by atoms with van der Waals surface area (Å²) in [5.74, 6) is 0.769. The number of rotatable bonds is 2. The Kier molecular flexibility index (Phi) is 7.92. The predicted molar refractivity (Wildman–Crippen MR) is 176 cm³/mol. The molecule has 3 aromatic rings. The zero-order valence-corrected chi connectivity index (χ0v) is 28.0. The van der Waals surface area contributed by atoms with Crippen LogP contribution in [0.5, 0.6) is 5.75 Å². The van der Waals surface area contributed by atoms with Gasteiger partial charge in [-0.05, 0) is 72.6 Å². The lowest BCUT2D eigenvalue weighted by Gasteiger charge is -2.54. The highest BCUT2D eigenvalue weighted by atomic mass is 32.2. The van der Waals surface area contributed by atoms with Gasteiger partial charge in [-0.25, -0.2) is 4.72 Å². The number of nitrogens with one attached hydrogen (secondary N) is 1. The monoisotopic (exact) mass is 648 g/mol. The van der Waals surface area contributed by atoms with Gasteiger partial charge in [-0.15, -0.1) is 0 Å². The number of benzene rings is 2. The zero-order valence-electron chi connectivity index (χ0n) is 27.2. The van der Waals surface area contributed by atoms with E-state index >= 15 is 0 Å². The number of likely N-dealkylation sites (N-methyl/N-ethyl adjacent to an activating group) is 2. The standard InChI is InChI=1S/C35H44N4O6S/c1-22-20-35-21-39-29-18-24(33(40)36-46(42,43)38(3)15-17-45-16-14-37(2)34(35)41)10-12-27(29)30(23-8-6-5-7-9-23)32(39)26-13-11-25(44-4)19-28(26)31(22)35/h10-13,18-19,22-23,31H,5-9,14-17,20-21H2,1-4H3,(H,36,40). The maximum Gasteiger partial charge on any atom is 0.303 e. The molecule has 2 amide bonds. The molecule has 3 heterocycles. The molecule has 10 nitrogen and oxygen atoms in total. The maximum atomic E-state index is 14.7. The first-order valence-electron chi connectivity index (χ1n) is 16.5. The molecule has 7 rings (SSSR count). The summed E-state index contributed by atoms with van der Waals surface area (Å²) >= 11 is 0. The Morgan fingerprint density at radius 1 is 1.00 bits per heavy atom. The number of carbonyl (C=O) groups excluding carboxylic acids is 2. The number of ether oxygens (including phenoxy) is 2. The Hall–Kier alpha value is -3.41. The molecule has 4 aliphatic rings. The van der Waals surface area contributed by atoms with Gasteiger partial charge in [0.15, 0.2) is 0 Å². The summed E-state index contributed by atoms with van der Waals surface area (Å²) in [7, 11) is 0.844. The Balaban J connectivity index is 1.51. The fourth-order valence-corrected chi connectivity index (χ4v) is 9.63. The van der Waals surface area contributed by atoms with Crippen molar-refractivity contribution in [1.29, 1.82) is 0 Å². The van der Waals surface area contributed by atoms with E-state index in [0.717, 1.165) is 69.9 Å². The van der Waals surface area contributed by atoms with E-state index < -0.39 is 21.5 Å². The summed E-state index contributed by atoms with van der Waals surface area (Å²) in [5.41, 5.74) is 5.05. The normalized spacial score (nSPS) is 27.4. The van der Waals surface area contributed by atoms with E-state index in [1.54, 1.807) is 18.1 Å². The van der Waals surface area contributed by atoms with E-state index in [4.69, 9.17) is 9.47 Å². The average Bonchev–Trinajstić information content (AvgIpc) is 3.30. The minimum atomic E-state index is -4.09. The van der Waals surface area contributed by atoms with E-state index in [-0.39, 0.29) is 43.1 Å². The first-order valence-corrected chi connectivity index (χ1v) is 18.0. The van der Waals surface area contributed by atoms with Crippen molar-refractivity contribution in [3.05, 3.63) is 53.1 Å². The fourth-order valence-electron chi connectivity index (χ4n) is 8.81. The van der Waals surface area contributed by atoms with Gasteiger partial charge in [-0.3, -0.25) is 9.59 Å². The number of aromatic nitrogens is 1. The number of amides is 2. The smallest absolute Gasteiger partial charge is 0.303 e. The van der Waals surface area contributed by atoms with Crippen LogP contribution in [-0.2, 0) is 26.3 Å². The summed E-state index contributed by atoms with van der Waals surface area (Å²) in [4.78, 5) is 30.0. The van der Waals surface area contributed by atoms with Gasteiger partial charge in [0.25, 0.3) is 5.91 Å². The number of methoxy groups -OCH3 is 1. The molecule has 1 spiro atoms. The molecule has 0 radical (unpaired) electrons. The van der Waals surface area contributed by atoms with Crippen molar-refractivity contribution in [3.8, 4) is 17.0 Å². The van der Waals surface area contributed by atoms with Gasteiger partial charge in [0.2, 0.25) is 5.91 Å². The second kappa shape index (κ2) is 11.7. The molecular weight excluding hydrogens is 604 g/mol. The van der Waals surface area contributed by atoms with Crippen molar-refractivity contribution in [1.82, 2.24) is 18.5 Å². The summed E-state index contributed by atoms with van der Waals surface area (Å²) in [5, 5.41) is 1.06. The largest absolute Gasteiger partial charge is 0.497 e. The molecule has 11 heteroatoms. The third-order valence-corrected chi connectivity index (χ3v) is 12.5. The number of hydrogen-bond acceptors (Lipinski definition) is 6. The third kappa shape index (κ3) is 4.93. The van der Waals surface area contributed by atoms with Crippen molar-refractivity contribution in [3.63, 3.8) is 0 Å². The van der Waals surface area contributed by atoms with Crippen LogP contribution < -0.4 is 9.46 Å². The molecule has 3 unspecified atom stereocenters. The van der Waals surface area contributed by atoms with E-state index in [9.17, 15) is 18.0 Å². The quantitative estimate of drug-likeness (QED) is 0.424. The van der Waals surface area contributed by atoms with E-state index in [2.05, 4.69) is 28.3 Å². The Bertz CT molecular complexity index is 1810. The van der Waals surface area contributed by atoms with E-state index in [1.807, 2.05) is 25.2 Å². The third-order valence-electron chi connectivity index (χ3n) is 11.0. The van der Waals surface area contributed by atoms with Gasteiger partial charge in [0.1, 0.15) is 5.75 Å². The highest BCUT2D eigenvalue weighted by molar-refractivity contribution is 7.87. The van der Waals surface area contributed by atoms with Gasteiger partial charge < -0.3 is 18.9 Å². The van der Waals surface area contributed by atoms with Crippen molar-refractivity contribution >= 4 is 32.9 Å². The molecule has 1 N–H and O–H groups in total. The average molecular weight is 649 g/mol.